The molecule has 1 heterocycles. The minimum Gasteiger partial charge on any atom is -0.394 e. The lowest BCUT2D eigenvalue weighted by Gasteiger charge is -2.31. The number of carbonyl (C=O) groups is 1. The first kappa shape index (κ1) is 19.5. The second kappa shape index (κ2) is 8.52. The number of benzene rings is 1. The molecule has 0 unspecified atom stereocenters. The number of carbonyl (C=O) groups excluding carboxylic acids is 1. The van der Waals surface area contributed by atoms with Gasteiger partial charge in [-0.05, 0) is 31.2 Å². The number of hydrogen-bond acceptors (Lipinski definition) is 5. The van der Waals surface area contributed by atoms with Gasteiger partial charge in [-0.2, -0.15) is 0 Å². The van der Waals surface area contributed by atoms with Crippen molar-refractivity contribution in [1.29, 1.82) is 0 Å². The normalized spacial score (nSPS) is 23.4. The fraction of sp³-hybridized carbons (Fsp3) is 0.438. The number of hydrogen-bond donors (Lipinski definition) is 3. The molecule has 0 saturated carbocycles. The van der Waals surface area contributed by atoms with E-state index in [4.69, 9.17) is 4.74 Å². The van der Waals surface area contributed by atoms with Crippen LogP contribution in [0.5, 0.6) is 0 Å². The third-order valence-electron chi connectivity index (χ3n) is 3.64. The van der Waals surface area contributed by atoms with Crippen LogP contribution in [0.2, 0.25) is 0 Å². The van der Waals surface area contributed by atoms with E-state index in [1.165, 1.54) is 0 Å². The summed E-state index contributed by atoms with van der Waals surface area (Å²) >= 11 is 0. The molecule has 2 rings (SSSR count). The van der Waals surface area contributed by atoms with Crippen LogP contribution in [0.1, 0.15) is 13.3 Å². The van der Waals surface area contributed by atoms with E-state index in [0.29, 0.717) is 6.54 Å². The summed E-state index contributed by atoms with van der Waals surface area (Å²) in [5, 5.41) is 12.1. The summed E-state index contributed by atoms with van der Waals surface area (Å²) in [5.41, 5.74) is 0. The van der Waals surface area contributed by atoms with Gasteiger partial charge in [0, 0.05) is 6.54 Å². The largest absolute Gasteiger partial charge is 0.394 e. The van der Waals surface area contributed by atoms with Crippen molar-refractivity contribution in [1.82, 2.24) is 10.0 Å². The van der Waals surface area contributed by atoms with Crippen molar-refractivity contribution < 1.29 is 27.4 Å². The summed E-state index contributed by atoms with van der Waals surface area (Å²) in [4.78, 5) is 11.5. The van der Waals surface area contributed by atoms with Crippen LogP contribution < -0.4 is 10.0 Å². The van der Waals surface area contributed by atoms with Gasteiger partial charge in [0.25, 0.3) is 0 Å². The average molecular weight is 372 g/mol. The molecule has 3 atom stereocenters. The Balaban J connectivity index is 2.08. The highest BCUT2D eigenvalue weighted by Crippen LogP contribution is 2.18. The van der Waals surface area contributed by atoms with Gasteiger partial charge in [-0.25, -0.2) is 17.5 Å². The first-order valence-electron chi connectivity index (χ1n) is 7.85. The molecule has 9 heteroatoms. The highest BCUT2D eigenvalue weighted by molar-refractivity contribution is 7.89. The predicted octanol–water partition coefficient (Wildman–Crippen LogP) is 0.315. The average Bonchev–Trinajstić information content (AvgIpc) is 2.56. The van der Waals surface area contributed by atoms with Gasteiger partial charge >= 0.3 is 0 Å². The maximum Gasteiger partial charge on any atom is 0.241 e. The van der Waals surface area contributed by atoms with Crippen molar-refractivity contribution in [3.63, 3.8) is 0 Å². The maximum absolute atomic E-state index is 12.9. The van der Waals surface area contributed by atoms with Crippen molar-refractivity contribution in [3.05, 3.63) is 42.2 Å². The van der Waals surface area contributed by atoms with E-state index in [1.807, 2.05) is 0 Å². The molecule has 1 aromatic rings. The molecule has 1 amide bonds. The summed E-state index contributed by atoms with van der Waals surface area (Å²) in [7, 11) is -3.91. The quantitative estimate of drug-likeness (QED) is 0.598. The van der Waals surface area contributed by atoms with Crippen molar-refractivity contribution in [2.24, 2.45) is 0 Å². The second-order valence-electron chi connectivity index (χ2n) is 5.54. The van der Waals surface area contributed by atoms with E-state index in [2.05, 4.69) is 10.0 Å². The number of aliphatic hydroxyl groups excluding tert-OH is 1. The van der Waals surface area contributed by atoms with E-state index < -0.39 is 40.7 Å². The van der Waals surface area contributed by atoms with Crippen molar-refractivity contribution in [2.45, 2.75) is 36.5 Å². The number of ether oxygens (including phenoxy) is 1. The Morgan fingerprint density at radius 2 is 1.96 bits per heavy atom. The van der Waals surface area contributed by atoms with Gasteiger partial charge in [0.1, 0.15) is 11.9 Å². The third kappa shape index (κ3) is 5.33. The van der Waals surface area contributed by atoms with Crippen molar-refractivity contribution in [2.75, 3.05) is 13.2 Å². The first-order chi connectivity index (χ1) is 11.9. The van der Waals surface area contributed by atoms with Crippen LogP contribution in [-0.4, -0.2) is 50.8 Å². The number of halogens is 1. The molecule has 0 fully saturated rings. The lowest BCUT2D eigenvalue weighted by Crippen LogP contribution is -2.49. The van der Waals surface area contributed by atoms with Gasteiger partial charge in [0.05, 0.1) is 30.1 Å². The van der Waals surface area contributed by atoms with Gasteiger partial charge in [-0.3, -0.25) is 4.79 Å². The van der Waals surface area contributed by atoms with Gasteiger partial charge in [0.2, 0.25) is 15.9 Å². The Morgan fingerprint density at radius 3 is 2.56 bits per heavy atom. The summed E-state index contributed by atoms with van der Waals surface area (Å²) in [6, 6.07) is 3.60. The van der Waals surface area contributed by atoms with Crippen LogP contribution in [0.25, 0.3) is 0 Å². The topological polar surface area (TPSA) is 105 Å². The van der Waals surface area contributed by atoms with Gasteiger partial charge in [0.15, 0.2) is 0 Å². The van der Waals surface area contributed by atoms with E-state index in [-0.39, 0.29) is 17.2 Å². The van der Waals surface area contributed by atoms with Crippen LogP contribution >= 0.6 is 0 Å². The molecule has 0 saturated heterocycles. The zero-order chi connectivity index (χ0) is 18.4. The standard InChI is InChI=1S/C16H21FN2O5S/c1-2-18-16(21)9-12-5-8-14(15(10-20)24-12)19-25(22,23)13-6-3-11(17)4-7-13/h3-8,12,14-15,19-20H,2,9-10H2,1H3,(H,18,21)/t12-,14-,15+/m0/s1. The van der Waals surface area contributed by atoms with Crippen molar-refractivity contribution >= 4 is 15.9 Å². The van der Waals surface area contributed by atoms with E-state index in [0.717, 1.165) is 24.3 Å². The molecule has 0 bridgehead atoms. The zero-order valence-corrected chi connectivity index (χ0v) is 14.5. The zero-order valence-electron chi connectivity index (χ0n) is 13.7. The van der Waals surface area contributed by atoms with Gasteiger partial charge in [-0.15, -0.1) is 0 Å². The number of sulfonamides is 1. The molecule has 1 aromatic carbocycles. The smallest absolute Gasteiger partial charge is 0.241 e. The molecule has 1 aliphatic rings. The lowest BCUT2D eigenvalue weighted by molar-refractivity contribution is -0.125. The Kier molecular flexibility index (Phi) is 6.65. The SMILES string of the molecule is CCNC(=O)C[C@@H]1C=C[C@H](NS(=O)(=O)c2ccc(F)cc2)[C@@H](CO)O1. The molecular weight excluding hydrogens is 351 g/mol. The molecule has 0 aromatic heterocycles. The molecule has 0 radical (unpaired) electrons. The summed E-state index contributed by atoms with van der Waals surface area (Å²) in [6.07, 6.45) is 1.84. The van der Waals surface area contributed by atoms with Crippen LogP contribution in [0.4, 0.5) is 4.39 Å². The molecule has 0 spiro atoms. The van der Waals surface area contributed by atoms with Crippen LogP contribution in [0.15, 0.2) is 41.3 Å². The third-order valence-corrected chi connectivity index (χ3v) is 5.11. The molecular formula is C16H21FN2O5S. The van der Waals surface area contributed by atoms with E-state index >= 15 is 0 Å². The minimum atomic E-state index is -3.91. The Labute approximate surface area is 145 Å². The maximum atomic E-state index is 12.9. The first-order valence-corrected chi connectivity index (χ1v) is 9.33. The fourth-order valence-corrected chi connectivity index (χ4v) is 3.64. The van der Waals surface area contributed by atoms with Gasteiger partial charge in [-0.1, -0.05) is 12.2 Å². The Morgan fingerprint density at radius 1 is 1.28 bits per heavy atom. The van der Waals surface area contributed by atoms with Crippen LogP contribution in [0.3, 0.4) is 0 Å². The highest BCUT2D eigenvalue weighted by atomic mass is 32.2. The molecule has 25 heavy (non-hydrogen) atoms. The molecule has 0 aliphatic carbocycles. The summed E-state index contributed by atoms with van der Waals surface area (Å²) < 4.78 is 45.6. The van der Waals surface area contributed by atoms with Gasteiger partial charge < -0.3 is 15.2 Å². The van der Waals surface area contributed by atoms with E-state index in [9.17, 15) is 22.7 Å². The number of nitrogens with one attached hydrogen (secondary N) is 2. The van der Waals surface area contributed by atoms with Crippen LogP contribution in [0, 0.1) is 5.82 Å². The monoisotopic (exact) mass is 372 g/mol. The number of amides is 1. The van der Waals surface area contributed by atoms with E-state index in [1.54, 1.807) is 19.1 Å². The lowest BCUT2D eigenvalue weighted by atomic mass is 10.1. The predicted molar refractivity (Wildman–Crippen MR) is 88.7 cm³/mol. The number of aliphatic hydroxyl groups is 1. The highest BCUT2D eigenvalue weighted by Gasteiger charge is 2.31. The minimum absolute atomic E-state index is 0.0816. The Bertz CT molecular complexity index is 721. The Hall–Kier alpha value is -1.81. The van der Waals surface area contributed by atoms with Crippen molar-refractivity contribution in [3.8, 4) is 0 Å². The summed E-state index contributed by atoms with van der Waals surface area (Å²) in [6.45, 7) is 1.87. The number of rotatable bonds is 7. The molecule has 7 nitrogen and oxygen atoms in total. The second-order valence-corrected chi connectivity index (χ2v) is 7.25. The molecule has 138 valence electrons. The molecule has 3 N–H and O–H groups in total. The summed E-state index contributed by atoms with van der Waals surface area (Å²) in [5.74, 6) is -0.736. The van der Waals surface area contributed by atoms with Crippen LogP contribution in [-0.2, 0) is 19.6 Å². The fourth-order valence-electron chi connectivity index (χ4n) is 2.42. The molecule has 1 aliphatic heterocycles.